The van der Waals surface area contributed by atoms with Gasteiger partial charge in [-0.25, -0.2) is 4.98 Å². The van der Waals surface area contributed by atoms with Crippen molar-refractivity contribution in [3.8, 4) is 22.8 Å². The van der Waals surface area contributed by atoms with Crippen molar-refractivity contribution in [1.29, 1.82) is 0 Å². The molecule has 1 aliphatic carbocycles. The summed E-state index contributed by atoms with van der Waals surface area (Å²) in [6.07, 6.45) is 5.56. The van der Waals surface area contributed by atoms with Crippen molar-refractivity contribution in [1.82, 2.24) is 4.98 Å². The molecule has 3 aromatic rings. The third-order valence-electron chi connectivity index (χ3n) is 6.15. The van der Waals surface area contributed by atoms with Crippen LogP contribution in [-0.4, -0.2) is 25.6 Å². The second-order valence-corrected chi connectivity index (χ2v) is 8.41. The molecule has 0 unspecified atom stereocenters. The lowest BCUT2D eigenvalue weighted by Crippen LogP contribution is -2.08. The van der Waals surface area contributed by atoms with Gasteiger partial charge in [-0.05, 0) is 97.7 Å². The second-order valence-electron chi connectivity index (χ2n) is 8.41. The molecule has 0 radical (unpaired) electrons. The molecular weight excluding hydrogens is 400 g/mol. The van der Waals surface area contributed by atoms with Gasteiger partial charge in [0.05, 0.1) is 0 Å². The maximum atomic E-state index is 5.87. The Morgan fingerprint density at radius 1 is 0.906 bits per heavy atom. The van der Waals surface area contributed by atoms with E-state index < -0.39 is 0 Å². The molecule has 32 heavy (non-hydrogen) atoms. The van der Waals surface area contributed by atoms with E-state index in [-0.39, 0.29) is 13.5 Å². The van der Waals surface area contributed by atoms with Crippen LogP contribution < -0.4 is 15.2 Å². The highest BCUT2D eigenvalue weighted by Crippen LogP contribution is 2.33. The molecule has 1 heterocycles. The number of hydrogen-bond donors (Lipinski definition) is 1. The normalized spacial score (nSPS) is 13.0. The van der Waals surface area contributed by atoms with Crippen molar-refractivity contribution in [2.45, 2.75) is 46.0 Å². The number of pyridine rings is 1. The predicted octanol–water partition coefficient (Wildman–Crippen LogP) is 5.11. The largest absolute Gasteiger partial charge is 0.479 e. The number of rotatable bonds is 8. The molecule has 0 saturated heterocycles. The molecular formula is C27H32N2O3. The van der Waals surface area contributed by atoms with E-state index in [1.54, 1.807) is 7.11 Å². The number of benzene rings is 2. The molecule has 0 bridgehead atoms. The van der Waals surface area contributed by atoms with Gasteiger partial charge in [-0.3, -0.25) is 5.73 Å². The maximum absolute atomic E-state index is 5.87. The highest BCUT2D eigenvalue weighted by atomic mass is 16.7. The molecule has 0 fully saturated rings. The van der Waals surface area contributed by atoms with E-state index >= 15 is 0 Å². The van der Waals surface area contributed by atoms with Gasteiger partial charge in [-0.15, -0.1) is 0 Å². The minimum atomic E-state index is 0.173. The van der Waals surface area contributed by atoms with Crippen LogP contribution in [0.2, 0.25) is 0 Å². The van der Waals surface area contributed by atoms with Gasteiger partial charge < -0.3 is 14.2 Å². The summed E-state index contributed by atoms with van der Waals surface area (Å²) in [6, 6.07) is 14.8. The van der Waals surface area contributed by atoms with Crippen LogP contribution in [0.5, 0.6) is 11.5 Å². The minimum Gasteiger partial charge on any atom is -0.479 e. The maximum Gasteiger partial charge on any atom is 0.188 e. The predicted molar refractivity (Wildman–Crippen MR) is 127 cm³/mol. The van der Waals surface area contributed by atoms with Crippen molar-refractivity contribution in [2.24, 2.45) is 5.73 Å². The van der Waals surface area contributed by atoms with Crippen molar-refractivity contribution >= 4 is 0 Å². The molecule has 5 heteroatoms. The van der Waals surface area contributed by atoms with E-state index in [0.29, 0.717) is 0 Å². The Morgan fingerprint density at radius 2 is 1.66 bits per heavy atom. The van der Waals surface area contributed by atoms with Crippen LogP contribution in [0.25, 0.3) is 11.3 Å². The molecule has 0 atom stereocenters. The first-order valence-corrected chi connectivity index (χ1v) is 11.3. The fraction of sp³-hybridized carbons (Fsp3) is 0.370. The standard InChI is InChI=1S/C27H32N2O3/c1-18-12-24(31-16-28)13-19(2)25(18)15-23-10-11-26(32-17-30-3)27(29-23)22-9-8-20-6-4-5-7-21(20)14-22/h8-14H,4-7,15-17,28H2,1-3H3. The van der Waals surface area contributed by atoms with E-state index in [1.807, 2.05) is 24.3 Å². The molecule has 1 aliphatic rings. The van der Waals surface area contributed by atoms with Crippen molar-refractivity contribution < 1.29 is 14.2 Å². The van der Waals surface area contributed by atoms with Crippen LogP contribution in [0.1, 0.15) is 46.4 Å². The summed E-state index contributed by atoms with van der Waals surface area (Å²) in [5, 5.41) is 0. The molecule has 0 amide bonds. The van der Waals surface area contributed by atoms with E-state index in [2.05, 4.69) is 32.0 Å². The molecule has 1 aromatic heterocycles. The molecule has 4 rings (SSSR count). The van der Waals surface area contributed by atoms with Crippen LogP contribution in [0.4, 0.5) is 0 Å². The number of aromatic nitrogens is 1. The smallest absolute Gasteiger partial charge is 0.188 e. The summed E-state index contributed by atoms with van der Waals surface area (Å²) >= 11 is 0. The fourth-order valence-electron chi connectivity index (χ4n) is 4.50. The molecule has 0 aliphatic heterocycles. The summed E-state index contributed by atoms with van der Waals surface area (Å²) in [4.78, 5) is 5.05. The summed E-state index contributed by atoms with van der Waals surface area (Å²) < 4.78 is 16.5. The number of aryl methyl sites for hydroxylation is 4. The zero-order chi connectivity index (χ0) is 22.5. The monoisotopic (exact) mass is 432 g/mol. The van der Waals surface area contributed by atoms with Gasteiger partial charge in [0.1, 0.15) is 23.9 Å². The number of nitrogens with zero attached hydrogens (tertiary/aromatic N) is 1. The lowest BCUT2D eigenvalue weighted by molar-refractivity contribution is 0.0513. The fourth-order valence-corrected chi connectivity index (χ4v) is 4.50. The molecule has 0 spiro atoms. The Bertz CT molecular complexity index is 1070. The lowest BCUT2D eigenvalue weighted by Gasteiger charge is -2.18. The molecule has 2 N–H and O–H groups in total. The summed E-state index contributed by atoms with van der Waals surface area (Å²) in [7, 11) is 1.63. The van der Waals surface area contributed by atoms with Crippen molar-refractivity contribution in [3.05, 3.63) is 76.0 Å². The van der Waals surface area contributed by atoms with Crippen molar-refractivity contribution in [2.75, 3.05) is 20.6 Å². The number of ether oxygens (including phenoxy) is 3. The van der Waals surface area contributed by atoms with Gasteiger partial charge in [-0.1, -0.05) is 12.1 Å². The summed E-state index contributed by atoms with van der Waals surface area (Å²) in [6.45, 7) is 4.57. The molecule has 0 saturated carbocycles. The summed E-state index contributed by atoms with van der Waals surface area (Å²) in [5.74, 6) is 1.55. The highest BCUT2D eigenvalue weighted by Gasteiger charge is 2.16. The Balaban J connectivity index is 1.69. The van der Waals surface area contributed by atoms with Crippen LogP contribution in [-0.2, 0) is 24.0 Å². The van der Waals surface area contributed by atoms with Gasteiger partial charge in [0.2, 0.25) is 0 Å². The van der Waals surface area contributed by atoms with E-state index in [4.69, 9.17) is 24.9 Å². The minimum absolute atomic E-state index is 0.173. The van der Waals surface area contributed by atoms with Gasteiger partial charge in [0, 0.05) is 24.8 Å². The number of fused-ring (bicyclic) bond motifs is 1. The number of methoxy groups -OCH3 is 1. The topological polar surface area (TPSA) is 66.6 Å². The average Bonchev–Trinajstić information content (AvgIpc) is 2.80. The SMILES string of the molecule is COCOc1ccc(Cc2c(C)cc(OCN)cc2C)nc1-c1ccc2c(c1)CCCC2. The average molecular weight is 433 g/mol. The molecule has 5 nitrogen and oxygen atoms in total. The third-order valence-corrected chi connectivity index (χ3v) is 6.15. The van der Waals surface area contributed by atoms with Crippen LogP contribution >= 0.6 is 0 Å². The number of nitrogens with two attached hydrogens (primary N) is 1. The van der Waals surface area contributed by atoms with E-state index in [0.717, 1.165) is 41.3 Å². The first kappa shape index (κ1) is 22.3. The van der Waals surface area contributed by atoms with Crippen molar-refractivity contribution in [3.63, 3.8) is 0 Å². The van der Waals surface area contributed by atoms with Gasteiger partial charge in [-0.2, -0.15) is 0 Å². The summed E-state index contributed by atoms with van der Waals surface area (Å²) in [5.41, 5.74) is 15.0. The Labute approximate surface area is 190 Å². The molecule has 168 valence electrons. The van der Waals surface area contributed by atoms with Gasteiger partial charge in [0.25, 0.3) is 0 Å². The molecule has 2 aromatic carbocycles. The van der Waals surface area contributed by atoms with Gasteiger partial charge in [0.15, 0.2) is 6.79 Å². The van der Waals surface area contributed by atoms with E-state index in [9.17, 15) is 0 Å². The third kappa shape index (κ3) is 4.95. The van der Waals surface area contributed by atoms with Gasteiger partial charge >= 0.3 is 0 Å². The first-order valence-electron chi connectivity index (χ1n) is 11.3. The zero-order valence-corrected chi connectivity index (χ0v) is 19.2. The van der Waals surface area contributed by atoms with E-state index in [1.165, 1.54) is 47.1 Å². The van der Waals surface area contributed by atoms with Crippen LogP contribution in [0.3, 0.4) is 0 Å². The highest BCUT2D eigenvalue weighted by molar-refractivity contribution is 5.68. The quantitative estimate of drug-likeness (QED) is 0.501. The van der Waals surface area contributed by atoms with Crippen LogP contribution in [0.15, 0.2) is 42.5 Å². The van der Waals surface area contributed by atoms with Crippen LogP contribution in [0, 0.1) is 13.8 Å². The Morgan fingerprint density at radius 3 is 2.38 bits per heavy atom. The Hall–Kier alpha value is -2.89. The number of hydrogen-bond acceptors (Lipinski definition) is 5. The Kier molecular flexibility index (Phi) is 7.08. The first-order chi connectivity index (χ1) is 15.6. The zero-order valence-electron chi connectivity index (χ0n) is 19.2. The lowest BCUT2D eigenvalue weighted by atomic mass is 9.89. The second kappa shape index (κ2) is 10.2.